The van der Waals surface area contributed by atoms with Crippen molar-refractivity contribution in [2.75, 3.05) is 12.3 Å². The van der Waals surface area contributed by atoms with Crippen LogP contribution in [0.4, 0.5) is 5.82 Å². The lowest BCUT2D eigenvalue weighted by Crippen LogP contribution is -2.49. The Balaban J connectivity index is 1.48. The van der Waals surface area contributed by atoms with E-state index in [9.17, 15) is 14.4 Å². The first-order valence-electron chi connectivity index (χ1n) is 11.1. The number of hydrogen-bond donors (Lipinski definition) is 3. The highest BCUT2D eigenvalue weighted by Gasteiger charge is 2.38. The van der Waals surface area contributed by atoms with Crippen LogP contribution < -0.4 is 16.4 Å². The van der Waals surface area contributed by atoms with E-state index in [0.29, 0.717) is 42.3 Å². The largest absolute Gasteiger partial charge is 0.383 e. The van der Waals surface area contributed by atoms with Crippen molar-refractivity contribution >= 4 is 45.9 Å². The lowest BCUT2D eigenvalue weighted by Gasteiger charge is -2.29. The van der Waals surface area contributed by atoms with Gasteiger partial charge >= 0.3 is 0 Å². The summed E-state index contributed by atoms with van der Waals surface area (Å²) >= 11 is 6.31. The SMILES string of the molecule is CC(=O)NC(C(=O)N1CCCC1C(=O)NCc1ccc2c(N)nccc2c1)c1ccccc1Cl. The Labute approximate surface area is 202 Å². The maximum absolute atomic E-state index is 13.5. The molecule has 3 aromatic rings. The number of nitrogen functional groups attached to an aromatic ring is 1. The van der Waals surface area contributed by atoms with Crippen LogP contribution in [0.25, 0.3) is 10.8 Å². The van der Waals surface area contributed by atoms with Gasteiger partial charge in [0.25, 0.3) is 5.91 Å². The van der Waals surface area contributed by atoms with E-state index in [2.05, 4.69) is 15.6 Å². The first-order chi connectivity index (χ1) is 16.3. The Hall–Kier alpha value is -3.65. The van der Waals surface area contributed by atoms with Gasteiger partial charge in [0, 0.05) is 42.2 Å². The standard InChI is InChI=1S/C25H26ClN5O3/c1-15(32)30-22(19-5-2-3-6-20(19)26)25(34)31-12-4-7-21(31)24(33)29-14-16-8-9-18-17(13-16)10-11-28-23(18)27/h2-3,5-6,8-11,13,21-22H,4,7,12,14H2,1H3,(H2,27,28)(H,29,33)(H,30,32). The van der Waals surface area contributed by atoms with Crippen LogP contribution in [0.2, 0.25) is 5.02 Å². The third-order valence-corrected chi connectivity index (χ3v) is 6.32. The van der Waals surface area contributed by atoms with E-state index in [1.54, 1.807) is 30.5 Å². The summed E-state index contributed by atoms with van der Waals surface area (Å²) in [5, 5.41) is 7.81. The van der Waals surface area contributed by atoms with Gasteiger partial charge in [0.15, 0.2) is 0 Å². The highest BCUT2D eigenvalue weighted by molar-refractivity contribution is 6.31. The van der Waals surface area contributed by atoms with Crippen molar-refractivity contribution < 1.29 is 14.4 Å². The Morgan fingerprint density at radius 3 is 2.76 bits per heavy atom. The molecule has 1 aliphatic heterocycles. The van der Waals surface area contributed by atoms with Crippen molar-refractivity contribution in [2.45, 2.75) is 38.4 Å². The monoisotopic (exact) mass is 479 g/mol. The van der Waals surface area contributed by atoms with Crippen LogP contribution in [0.3, 0.4) is 0 Å². The molecule has 176 valence electrons. The van der Waals surface area contributed by atoms with E-state index in [0.717, 1.165) is 16.3 Å². The van der Waals surface area contributed by atoms with Crippen LogP contribution in [0, 0.1) is 0 Å². The highest BCUT2D eigenvalue weighted by atomic mass is 35.5. The fourth-order valence-electron chi connectivity index (χ4n) is 4.32. The third-order valence-electron chi connectivity index (χ3n) is 5.98. The number of aromatic nitrogens is 1. The quantitative estimate of drug-likeness (QED) is 0.502. The molecule has 4 N–H and O–H groups in total. The van der Waals surface area contributed by atoms with E-state index < -0.39 is 12.1 Å². The lowest BCUT2D eigenvalue weighted by atomic mass is 10.0. The Bertz CT molecular complexity index is 1250. The lowest BCUT2D eigenvalue weighted by molar-refractivity contribution is -0.141. The van der Waals surface area contributed by atoms with Gasteiger partial charge in [-0.25, -0.2) is 4.98 Å². The van der Waals surface area contributed by atoms with Crippen LogP contribution in [0.5, 0.6) is 0 Å². The number of rotatable bonds is 6. The van der Waals surface area contributed by atoms with Crippen molar-refractivity contribution in [2.24, 2.45) is 0 Å². The number of halogens is 1. The van der Waals surface area contributed by atoms with E-state index in [-0.39, 0.29) is 17.7 Å². The van der Waals surface area contributed by atoms with Crippen molar-refractivity contribution in [3.05, 3.63) is 70.9 Å². The van der Waals surface area contributed by atoms with Crippen molar-refractivity contribution in [3.8, 4) is 0 Å². The number of carbonyl (C=O) groups excluding carboxylic acids is 3. The number of anilines is 1. The zero-order valence-corrected chi connectivity index (χ0v) is 19.5. The highest BCUT2D eigenvalue weighted by Crippen LogP contribution is 2.28. The van der Waals surface area contributed by atoms with Crippen LogP contribution in [-0.4, -0.2) is 40.2 Å². The number of carbonyl (C=O) groups is 3. The molecule has 0 saturated carbocycles. The number of pyridine rings is 1. The molecule has 9 heteroatoms. The van der Waals surface area contributed by atoms with Gasteiger partial charge in [0.05, 0.1) is 0 Å². The summed E-state index contributed by atoms with van der Waals surface area (Å²) in [4.78, 5) is 44.0. The van der Waals surface area contributed by atoms with Gasteiger partial charge in [-0.15, -0.1) is 0 Å². The van der Waals surface area contributed by atoms with E-state index in [1.807, 2.05) is 24.3 Å². The molecule has 3 amide bonds. The third kappa shape index (κ3) is 4.97. The van der Waals surface area contributed by atoms with Crippen LogP contribution in [0.15, 0.2) is 54.7 Å². The number of fused-ring (bicyclic) bond motifs is 1. The number of amides is 3. The first kappa shape index (κ1) is 23.5. The van der Waals surface area contributed by atoms with Crippen LogP contribution >= 0.6 is 11.6 Å². The molecular weight excluding hydrogens is 454 g/mol. The molecule has 1 aliphatic rings. The molecule has 1 aromatic heterocycles. The molecule has 1 fully saturated rings. The molecule has 8 nitrogen and oxygen atoms in total. The summed E-state index contributed by atoms with van der Waals surface area (Å²) in [6.07, 6.45) is 2.89. The van der Waals surface area contributed by atoms with E-state index >= 15 is 0 Å². The van der Waals surface area contributed by atoms with Gasteiger partial charge in [0.2, 0.25) is 11.8 Å². The molecule has 0 aliphatic carbocycles. The Morgan fingerprint density at radius 2 is 2.00 bits per heavy atom. The zero-order chi connectivity index (χ0) is 24.2. The van der Waals surface area contributed by atoms with Gasteiger partial charge in [-0.2, -0.15) is 0 Å². The van der Waals surface area contributed by atoms with Crippen molar-refractivity contribution in [1.82, 2.24) is 20.5 Å². The normalized spacial score (nSPS) is 16.3. The number of likely N-dealkylation sites (tertiary alicyclic amines) is 1. The molecule has 1 saturated heterocycles. The molecule has 2 aromatic carbocycles. The second-order valence-electron chi connectivity index (χ2n) is 8.31. The predicted molar refractivity (Wildman–Crippen MR) is 131 cm³/mol. The summed E-state index contributed by atoms with van der Waals surface area (Å²) in [7, 11) is 0. The second kappa shape index (κ2) is 10.1. The minimum absolute atomic E-state index is 0.235. The Morgan fingerprint density at radius 1 is 1.21 bits per heavy atom. The zero-order valence-electron chi connectivity index (χ0n) is 18.8. The molecular formula is C25H26ClN5O3. The van der Waals surface area contributed by atoms with E-state index in [1.165, 1.54) is 11.8 Å². The van der Waals surface area contributed by atoms with Crippen molar-refractivity contribution in [3.63, 3.8) is 0 Å². The summed E-state index contributed by atoms with van der Waals surface area (Å²) in [5.74, 6) is -0.485. The van der Waals surface area contributed by atoms with Crippen LogP contribution in [-0.2, 0) is 20.9 Å². The minimum Gasteiger partial charge on any atom is -0.383 e. The summed E-state index contributed by atoms with van der Waals surface area (Å²) in [6, 6.07) is 12.9. The number of nitrogens with one attached hydrogen (secondary N) is 2. The van der Waals surface area contributed by atoms with Gasteiger partial charge in [0.1, 0.15) is 17.9 Å². The average Bonchev–Trinajstić information content (AvgIpc) is 3.31. The molecule has 2 atom stereocenters. The molecule has 2 unspecified atom stereocenters. The molecule has 0 spiro atoms. The smallest absolute Gasteiger partial charge is 0.250 e. The molecule has 0 bridgehead atoms. The van der Waals surface area contributed by atoms with Gasteiger partial charge < -0.3 is 21.3 Å². The van der Waals surface area contributed by atoms with E-state index in [4.69, 9.17) is 17.3 Å². The number of benzene rings is 2. The number of nitrogens with zero attached hydrogens (tertiary/aromatic N) is 2. The molecule has 34 heavy (non-hydrogen) atoms. The molecule has 2 heterocycles. The van der Waals surface area contributed by atoms with Crippen LogP contribution in [0.1, 0.15) is 36.9 Å². The second-order valence-corrected chi connectivity index (χ2v) is 8.72. The van der Waals surface area contributed by atoms with Gasteiger partial charge in [-0.3, -0.25) is 14.4 Å². The Kier molecular flexibility index (Phi) is 6.98. The van der Waals surface area contributed by atoms with Gasteiger partial charge in [-0.05, 0) is 42.0 Å². The maximum atomic E-state index is 13.5. The fraction of sp³-hybridized carbons (Fsp3) is 0.280. The number of nitrogens with two attached hydrogens (primary N) is 1. The molecule has 4 rings (SSSR count). The van der Waals surface area contributed by atoms with Crippen molar-refractivity contribution in [1.29, 1.82) is 0 Å². The minimum atomic E-state index is -0.959. The summed E-state index contributed by atoms with van der Waals surface area (Å²) in [5.41, 5.74) is 7.32. The summed E-state index contributed by atoms with van der Waals surface area (Å²) in [6.45, 7) is 2.09. The predicted octanol–water partition coefficient (Wildman–Crippen LogP) is 2.96. The number of hydrogen-bond acceptors (Lipinski definition) is 5. The first-order valence-corrected chi connectivity index (χ1v) is 11.5. The maximum Gasteiger partial charge on any atom is 0.250 e. The molecule has 0 radical (unpaired) electrons. The van der Waals surface area contributed by atoms with Gasteiger partial charge in [-0.1, -0.05) is 41.9 Å². The summed E-state index contributed by atoms with van der Waals surface area (Å²) < 4.78 is 0. The fourth-order valence-corrected chi connectivity index (χ4v) is 4.57. The topological polar surface area (TPSA) is 117 Å². The average molecular weight is 480 g/mol.